The van der Waals surface area contributed by atoms with Gasteiger partial charge in [-0.3, -0.25) is 10.1 Å². The van der Waals surface area contributed by atoms with Gasteiger partial charge >= 0.3 is 5.69 Å². The zero-order valence-corrected chi connectivity index (χ0v) is 11.4. The van der Waals surface area contributed by atoms with Gasteiger partial charge in [-0.05, 0) is 6.07 Å². The Kier molecular flexibility index (Phi) is 4.02. The number of nitrogens with two attached hydrogens (primary N) is 1. The highest BCUT2D eigenvalue weighted by atomic mass is 16.6. The van der Waals surface area contributed by atoms with E-state index in [1.165, 1.54) is 31.4 Å². The van der Waals surface area contributed by atoms with Crippen molar-refractivity contribution < 1.29 is 14.4 Å². The fraction of sp³-hybridized carbons (Fsp3) is 0.167. The number of hydrogen-bond acceptors (Lipinski definition) is 8. The third kappa shape index (κ3) is 3.26. The maximum absolute atomic E-state index is 11.0. The number of nitrogens with one attached hydrogen (secondary N) is 1. The summed E-state index contributed by atoms with van der Waals surface area (Å²) in [7, 11) is 3.10. The summed E-state index contributed by atoms with van der Waals surface area (Å²) in [6.45, 7) is 0. The van der Waals surface area contributed by atoms with E-state index < -0.39 is 4.92 Å². The highest BCUT2D eigenvalue weighted by Gasteiger charge is 2.18. The molecule has 0 aliphatic heterocycles. The second-order valence-electron chi connectivity index (χ2n) is 3.89. The molecule has 0 fully saturated rings. The molecular formula is C12H13N5O4. The number of hydrogen-bond donors (Lipinski definition) is 2. The van der Waals surface area contributed by atoms with Gasteiger partial charge in [0, 0.05) is 25.2 Å². The van der Waals surface area contributed by atoms with Crippen molar-refractivity contribution in [3.05, 3.63) is 34.4 Å². The van der Waals surface area contributed by atoms with Gasteiger partial charge in [0.15, 0.2) is 0 Å². The number of anilines is 2. The van der Waals surface area contributed by atoms with Crippen LogP contribution >= 0.6 is 0 Å². The predicted molar refractivity (Wildman–Crippen MR) is 75.7 cm³/mol. The van der Waals surface area contributed by atoms with E-state index in [4.69, 9.17) is 15.2 Å². The van der Waals surface area contributed by atoms with Gasteiger partial charge in [-0.1, -0.05) is 0 Å². The van der Waals surface area contributed by atoms with E-state index in [0.717, 1.165) is 0 Å². The Balaban J connectivity index is 2.42. The summed E-state index contributed by atoms with van der Waals surface area (Å²) in [5, 5.41) is 13.8. The first-order valence-electron chi connectivity index (χ1n) is 5.86. The quantitative estimate of drug-likeness (QED) is 0.631. The topological polar surface area (TPSA) is 125 Å². The first-order valence-corrected chi connectivity index (χ1v) is 5.86. The molecule has 1 aromatic heterocycles. The van der Waals surface area contributed by atoms with Crippen molar-refractivity contribution in [1.29, 1.82) is 0 Å². The first-order chi connectivity index (χ1) is 10.0. The zero-order chi connectivity index (χ0) is 15.4. The van der Waals surface area contributed by atoms with Crippen LogP contribution in [0.25, 0.3) is 0 Å². The van der Waals surface area contributed by atoms with Crippen LogP contribution in [0.1, 0.15) is 0 Å². The SMILES string of the molecule is CNc1cc(Oc2cc(OC)ccc2[N+](=O)[O-])nc(N)n1. The van der Waals surface area contributed by atoms with Crippen LogP contribution in [0, 0.1) is 10.1 Å². The molecule has 2 aromatic rings. The van der Waals surface area contributed by atoms with Crippen LogP contribution in [0.5, 0.6) is 17.4 Å². The molecule has 0 amide bonds. The van der Waals surface area contributed by atoms with Crippen molar-refractivity contribution in [1.82, 2.24) is 9.97 Å². The van der Waals surface area contributed by atoms with Gasteiger partial charge in [0.25, 0.3) is 0 Å². The second-order valence-corrected chi connectivity index (χ2v) is 3.89. The molecule has 3 N–H and O–H groups in total. The van der Waals surface area contributed by atoms with Crippen molar-refractivity contribution in [3.63, 3.8) is 0 Å². The third-order valence-electron chi connectivity index (χ3n) is 2.55. The summed E-state index contributed by atoms with van der Waals surface area (Å²) in [5.41, 5.74) is 5.33. The van der Waals surface area contributed by atoms with Crippen LogP contribution in [-0.2, 0) is 0 Å². The van der Waals surface area contributed by atoms with Crippen LogP contribution < -0.4 is 20.5 Å². The van der Waals surface area contributed by atoms with E-state index in [9.17, 15) is 10.1 Å². The maximum Gasteiger partial charge on any atom is 0.311 e. The van der Waals surface area contributed by atoms with Gasteiger partial charge in [0.05, 0.1) is 12.0 Å². The number of methoxy groups -OCH3 is 1. The van der Waals surface area contributed by atoms with Crippen LogP contribution in [-0.4, -0.2) is 29.0 Å². The fourth-order valence-corrected chi connectivity index (χ4v) is 1.59. The van der Waals surface area contributed by atoms with Crippen LogP contribution in [0.4, 0.5) is 17.5 Å². The summed E-state index contributed by atoms with van der Waals surface area (Å²) in [4.78, 5) is 18.2. The number of nitrogens with zero attached hydrogens (tertiary/aromatic N) is 3. The standard InChI is InChI=1S/C12H13N5O4/c1-14-10-6-11(16-12(13)15-10)21-9-5-7(20-2)3-4-8(9)17(18)19/h3-6H,1-2H3,(H3,13,14,15,16). The average Bonchev–Trinajstić information content (AvgIpc) is 2.46. The lowest BCUT2D eigenvalue weighted by atomic mass is 10.3. The lowest BCUT2D eigenvalue weighted by Gasteiger charge is -2.09. The third-order valence-corrected chi connectivity index (χ3v) is 2.55. The minimum Gasteiger partial charge on any atom is -0.497 e. The van der Waals surface area contributed by atoms with E-state index in [1.807, 2.05) is 0 Å². The maximum atomic E-state index is 11.0. The Morgan fingerprint density at radius 2 is 2.10 bits per heavy atom. The predicted octanol–water partition coefficient (Wildman–Crippen LogP) is 1.81. The van der Waals surface area contributed by atoms with Crippen LogP contribution in [0.15, 0.2) is 24.3 Å². The van der Waals surface area contributed by atoms with Crippen molar-refractivity contribution in [2.24, 2.45) is 0 Å². The summed E-state index contributed by atoms with van der Waals surface area (Å²) >= 11 is 0. The van der Waals surface area contributed by atoms with Crippen LogP contribution in [0.3, 0.4) is 0 Å². The van der Waals surface area contributed by atoms with Crippen molar-refractivity contribution >= 4 is 17.5 Å². The molecule has 21 heavy (non-hydrogen) atoms. The molecular weight excluding hydrogens is 278 g/mol. The van der Waals surface area contributed by atoms with E-state index in [2.05, 4.69) is 15.3 Å². The number of benzene rings is 1. The van der Waals surface area contributed by atoms with E-state index >= 15 is 0 Å². The second kappa shape index (κ2) is 5.90. The number of nitrogen functional groups attached to an aromatic ring is 1. The van der Waals surface area contributed by atoms with Crippen molar-refractivity contribution in [3.8, 4) is 17.4 Å². The molecule has 0 aliphatic carbocycles. The smallest absolute Gasteiger partial charge is 0.311 e. The van der Waals surface area contributed by atoms with Gasteiger partial charge in [-0.2, -0.15) is 9.97 Å². The summed E-state index contributed by atoms with van der Waals surface area (Å²) in [6.07, 6.45) is 0. The van der Waals surface area contributed by atoms with Gasteiger partial charge in [0.2, 0.25) is 17.6 Å². The van der Waals surface area contributed by atoms with Gasteiger partial charge in [-0.25, -0.2) is 0 Å². The molecule has 2 rings (SSSR count). The molecule has 0 aliphatic rings. The number of aromatic nitrogens is 2. The van der Waals surface area contributed by atoms with Crippen molar-refractivity contribution in [2.45, 2.75) is 0 Å². The Morgan fingerprint density at radius 1 is 1.33 bits per heavy atom. The lowest BCUT2D eigenvalue weighted by Crippen LogP contribution is -2.02. The number of ether oxygens (including phenoxy) is 2. The van der Waals surface area contributed by atoms with Gasteiger partial charge in [-0.15, -0.1) is 0 Å². The van der Waals surface area contributed by atoms with Gasteiger partial charge < -0.3 is 20.5 Å². The highest BCUT2D eigenvalue weighted by Crippen LogP contribution is 2.34. The number of nitro groups is 1. The summed E-state index contributed by atoms with van der Waals surface area (Å²) < 4.78 is 10.5. The Bertz CT molecular complexity index is 677. The van der Waals surface area contributed by atoms with E-state index in [-0.39, 0.29) is 23.3 Å². The van der Waals surface area contributed by atoms with Crippen LogP contribution in [0.2, 0.25) is 0 Å². The summed E-state index contributed by atoms with van der Waals surface area (Å²) in [5.74, 6) is 0.930. The molecule has 0 saturated carbocycles. The molecule has 1 heterocycles. The molecule has 9 nitrogen and oxygen atoms in total. The number of nitro benzene ring substituents is 1. The van der Waals surface area contributed by atoms with E-state index in [0.29, 0.717) is 11.6 Å². The Morgan fingerprint density at radius 3 is 2.71 bits per heavy atom. The monoisotopic (exact) mass is 291 g/mol. The van der Waals surface area contributed by atoms with E-state index in [1.54, 1.807) is 7.05 Å². The fourth-order valence-electron chi connectivity index (χ4n) is 1.59. The van der Waals surface area contributed by atoms with Crippen molar-refractivity contribution in [2.75, 3.05) is 25.2 Å². The molecule has 0 bridgehead atoms. The minimum absolute atomic E-state index is 0.000460. The molecule has 0 spiro atoms. The zero-order valence-electron chi connectivity index (χ0n) is 11.4. The normalized spacial score (nSPS) is 10.0. The molecule has 9 heteroatoms. The molecule has 0 radical (unpaired) electrons. The average molecular weight is 291 g/mol. The minimum atomic E-state index is -0.557. The molecule has 0 atom stereocenters. The lowest BCUT2D eigenvalue weighted by molar-refractivity contribution is -0.385. The summed E-state index contributed by atoms with van der Waals surface area (Å²) in [6, 6.07) is 5.63. The Hall–Kier alpha value is -3.10. The van der Waals surface area contributed by atoms with Gasteiger partial charge in [0.1, 0.15) is 11.6 Å². The molecule has 0 saturated heterocycles. The largest absolute Gasteiger partial charge is 0.497 e. The first kappa shape index (κ1) is 14.3. The Labute approximate surface area is 119 Å². The molecule has 0 unspecified atom stereocenters. The molecule has 110 valence electrons. The molecule has 1 aromatic carbocycles. The number of rotatable bonds is 5. The highest BCUT2D eigenvalue weighted by molar-refractivity contribution is 5.53.